The van der Waals surface area contributed by atoms with Gasteiger partial charge in [-0.15, -0.1) is 0 Å². The molecule has 1 saturated heterocycles. The van der Waals surface area contributed by atoms with Gasteiger partial charge in [-0.05, 0) is 24.3 Å². The Morgan fingerprint density at radius 2 is 1.62 bits per heavy atom. The normalized spacial score (nSPS) is 15.2. The first-order valence-corrected chi connectivity index (χ1v) is 7.39. The smallest absolute Gasteiger partial charge is 0.226 e. The molecule has 1 aliphatic heterocycles. The van der Waals surface area contributed by atoms with Crippen LogP contribution in [0.5, 0.6) is 0 Å². The molecule has 0 bridgehead atoms. The van der Waals surface area contributed by atoms with E-state index in [1.807, 2.05) is 43.0 Å². The van der Waals surface area contributed by atoms with Crippen LogP contribution in [-0.2, 0) is 9.59 Å². The van der Waals surface area contributed by atoms with Crippen molar-refractivity contribution in [3.05, 3.63) is 24.3 Å². The van der Waals surface area contributed by atoms with Crippen LogP contribution in [0, 0.1) is 5.92 Å². The summed E-state index contributed by atoms with van der Waals surface area (Å²) in [5.41, 5.74) is 1.94. The van der Waals surface area contributed by atoms with E-state index in [0.29, 0.717) is 0 Å². The highest BCUT2D eigenvalue weighted by Gasteiger charge is 2.18. The molecule has 0 saturated carbocycles. The van der Waals surface area contributed by atoms with E-state index >= 15 is 0 Å². The minimum absolute atomic E-state index is 0.0238. The number of nitrogens with zero attached hydrogens (tertiary/aromatic N) is 2. The average Bonchev–Trinajstić information content (AvgIpc) is 2.48. The lowest BCUT2D eigenvalue weighted by molar-refractivity contribution is -0.129. The largest absolute Gasteiger partial charge is 0.368 e. The topological polar surface area (TPSA) is 52.7 Å². The Balaban J connectivity index is 1.94. The number of carbonyl (C=O) groups is 2. The second kappa shape index (κ2) is 6.61. The molecule has 0 atom stereocenters. The molecule has 114 valence electrons. The van der Waals surface area contributed by atoms with Crippen LogP contribution in [0.3, 0.4) is 0 Å². The lowest BCUT2D eigenvalue weighted by atomic mass is 10.2. The number of nitrogens with one attached hydrogen (secondary N) is 1. The maximum Gasteiger partial charge on any atom is 0.226 e. The molecular formula is C16H23N3O2. The van der Waals surface area contributed by atoms with Crippen molar-refractivity contribution in [3.63, 3.8) is 0 Å². The molecule has 0 aromatic heterocycles. The summed E-state index contributed by atoms with van der Waals surface area (Å²) in [5, 5.41) is 2.88. The SMILES string of the molecule is CC(=O)N1CCN(c2ccc(NC(=O)C(C)C)cc2)CC1. The van der Waals surface area contributed by atoms with Gasteiger partial charge < -0.3 is 15.1 Å². The predicted molar refractivity (Wildman–Crippen MR) is 84.4 cm³/mol. The van der Waals surface area contributed by atoms with Gasteiger partial charge in [-0.2, -0.15) is 0 Å². The second-order valence-corrected chi connectivity index (χ2v) is 5.68. The molecule has 2 rings (SSSR count). The van der Waals surface area contributed by atoms with Gasteiger partial charge in [0.05, 0.1) is 0 Å². The molecule has 0 unspecified atom stereocenters. The summed E-state index contributed by atoms with van der Waals surface area (Å²) in [6.07, 6.45) is 0. The van der Waals surface area contributed by atoms with Gasteiger partial charge in [-0.25, -0.2) is 0 Å². The monoisotopic (exact) mass is 289 g/mol. The number of hydrogen-bond donors (Lipinski definition) is 1. The Morgan fingerprint density at radius 1 is 1.05 bits per heavy atom. The van der Waals surface area contributed by atoms with Crippen molar-refractivity contribution in [2.45, 2.75) is 20.8 Å². The lowest BCUT2D eigenvalue weighted by Gasteiger charge is -2.35. The molecule has 1 heterocycles. The predicted octanol–water partition coefficient (Wildman–Crippen LogP) is 1.95. The van der Waals surface area contributed by atoms with Crippen LogP contribution >= 0.6 is 0 Å². The van der Waals surface area contributed by atoms with E-state index in [-0.39, 0.29) is 17.7 Å². The molecule has 0 radical (unpaired) electrons. The number of carbonyl (C=O) groups excluding carboxylic acids is 2. The van der Waals surface area contributed by atoms with Gasteiger partial charge in [-0.3, -0.25) is 9.59 Å². The van der Waals surface area contributed by atoms with Gasteiger partial charge in [0, 0.05) is 50.4 Å². The van der Waals surface area contributed by atoms with Crippen molar-refractivity contribution in [2.24, 2.45) is 5.92 Å². The third-order valence-corrected chi connectivity index (χ3v) is 3.75. The molecule has 1 aromatic carbocycles. The van der Waals surface area contributed by atoms with Crippen molar-refractivity contribution >= 4 is 23.2 Å². The molecule has 1 aromatic rings. The van der Waals surface area contributed by atoms with E-state index in [1.165, 1.54) is 0 Å². The van der Waals surface area contributed by atoms with Crippen molar-refractivity contribution in [3.8, 4) is 0 Å². The van der Waals surface area contributed by atoms with Crippen LogP contribution < -0.4 is 10.2 Å². The zero-order valence-electron chi connectivity index (χ0n) is 12.9. The minimum Gasteiger partial charge on any atom is -0.368 e. The number of benzene rings is 1. The molecule has 1 N–H and O–H groups in total. The first-order chi connectivity index (χ1) is 9.97. The number of rotatable bonds is 3. The van der Waals surface area contributed by atoms with Crippen molar-refractivity contribution in [1.29, 1.82) is 0 Å². The van der Waals surface area contributed by atoms with Crippen LogP contribution in [-0.4, -0.2) is 42.9 Å². The van der Waals surface area contributed by atoms with Crippen molar-refractivity contribution in [2.75, 3.05) is 36.4 Å². The molecular weight excluding hydrogens is 266 g/mol. The Hall–Kier alpha value is -2.04. The summed E-state index contributed by atoms with van der Waals surface area (Å²) in [6, 6.07) is 7.87. The second-order valence-electron chi connectivity index (χ2n) is 5.68. The van der Waals surface area contributed by atoms with Crippen LogP contribution in [0.4, 0.5) is 11.4 Å². The van der Waals surface area contributed by atoms with Gasteiger partial charge in [0.2, 0.25) is 11.8 Å². The fourth-order valence-corrected chi connectivity index (χ4v) is 2.32. The standard InChI is InChI=1S/C16H23N3O2/c1-12(2)16(21)17-14-4-6-15(7-5-14)19-10-8-18(9-11-19)13(3)20/h4-7,12H,8-11H2,1-3H3,(H,17,21). The highest BCUT2D eigenvalue weighted by atomic mass is 16.2. The summed E-state index contributed by atoms with van der Waals surface area (Å²) < 4.78 is 0. The Morgan fingerprint density at radius 3 is 2.10 bits per heavy atom. The maximum atomic E-state index is 11.6. The van der Waals surface area contributed by atoms with E-state index in [1.54, 1.807) is 6.92 Å². The van der Waals surface area contributed by atoms with E-state index in [0.717, 1.165) is 37.6 Å². The van der Waals surface area contributed by atoms with Crippen LogP contribution in [0.2, 0.25) is 0 Å². The lowest BCUT2D eigenvalue weighted by Crippen LogP contribution is -2.48. The van der Waals surface area contributed by atoms with Gasteiger partial charge in [0.15, 0.2) is 0 Å². The van der Waals surface area contributed by atoms with Gasteiger partial charge in [0.1, 0.15) is 0 Å². The Bertz CT molecular complexity index is 503. The highest BCUT2D eigenvalue weighted by molar-refractivity contribution is 5.92. The van der Waals surface area contributed by atoms with Crippen LogP contribution in [0.1, 0.15) is 20.8 Å². The minimum atomic E-state index is -0.0238. The summed E-state index contributed by atoms with van der Waals surface area (Å²) in [7, 11) is 0. The van der Waals surface area contributed by atoms with Gasteiger partial charge in [0.25, 0.3) is 0 Å². The van der Waals surface area contributed by atoms with Crippen molar-refractivity contribution in [1.82, 2.24) is 4.90 Å². The zero-order chi connectivity index (χ0) is 15.4. The highest BCUT2D eigenvalue weighted by Crippen LogP contribution is 2.20. The number of anilines is 2. The molecule has 1 fully saturated rings. The molecule has 5 nitrogen and oxygen atoms in total. The third kappa shape index (κ3) is 3.97. The first kappa shape index (κ1) is 15.4. The third-order valence-electron chi connectivity index (χ3n) is 3.75. The Kier molecular flexibility index (Phi) is 4.83. The van der Waals surface area contributed by atoms with Gasteiger partial charge >= 0.3 is 0 Å². The van der Waals surface area contributed by atoms with E-state index in [2.05, 4.69) is 10.2 Å². The van der Waals surface area contributed by atoms with Crippen molar-refractivity contribution < 1.29 is 9.59 Å². The summed E-state index contributed by atoms with van der Waals surface area (Å²) in [4.78, 5) is 27.1. The first-order valence-electron chi connectivity index (χ1n) is 7.39. The maximum absolute atomic E-state index is 11.6. The average molecular weight is 289 g/mol. The number of hydrogen-bond acceptors (Lipinski definition) is 3. The fraction of sp³-hybridized carbons (Fsp3) is 0.500. The summed E-state index contributed by atoms with van der Waals surface area (Å²) >= 11 is 0. The molecule has 1 aliphatic rings. The van der Waals surface area contributed by atoms with Crippen LogP contribution in [0.15, 0.2) is 24.3 Å². The molecule has 0 aliphatic carbocycles. The quantitative estimate of drug-likeness (QED) is 0.925. The zero-order valence-corrected chi connectivity index (χ0v) is 12.9. The van der Waals surface area contributed by atoms with E-state index in [4.69, 9.17) is 0 Å². The van der Waals surface area contributed by atoms with E-state index < -0.39 is 0 Å². The molecule has 0 spiro atoms. The Labute approximate surface area is 125 Å². The molecule has 2 amide bonds. The van der Waals surface area contributed by atoms with Gasteiger partial charge in [-0.1, -0.05) is 13.8 Å². The molecule has 21 heavy (non-hydrogen) atoms. The fourth-order valence-electron chi connectivity index (χ4n) is 2.32. The number of piperazine rings is 1. The van der Waals surface area contributed by atoms with E-state index in [9.17, 15) is 9.59 Å². The number of amides is 2. The summed E-state index contributed by atoms with van der Waals surface area (Å²) in [5.74, 6) is 0.142. The van der Waals surface area contributed by atoms with Crippen LogP contribution in [0.25, 0.3) is 0 Å². The molecule has 5 heteroatoms. The summed E-state index contributed by atoms with van der Waals surface area (Å²) in [6.45, 7) is 8.58.